The lowest BCUT2D eigenvalue weighted by Crippen LogP contribution is -2.23. The quantitative estimate of drug-likeness (QED) is 0.676. The van der Waals surface area contributed by atoms with Gasteiger partial charge in [0.2, 0.25) is 5.91 Å². The lowest BCUT2D eigenvalue weighted by atomic mass is 10.1. The van der Waals surface area contributed by atoms with Crippen LogP contribution in [-0.2, 0) is 16.0 Å². The molecule has 1 aromatic rings. The van der Waals surface area contributed by atoms with Crippen LogP contribution < -0.4 is 10.6 Å². The van der Waals surface area contributed by atoms with Crippen molar-refractivity contribution >= 4 is 17.6 Å². The van der Waals surface area contributed by atoms with Crippen LogP contribution in [0.5, 0.6) is 0 Å². The number of carboxylic acids is 1. The maximum atomic E-state index is 11.8. The lowest BCUT2D eigenvalue weighted by molar-refractivity contribution is -0.136. The first-order valence-electron chi connectivity index (χ1n) is 6.98. The first-order chi connectivity index (χ1) is 9.65. The number of hydrogen-bond donors (Lipinski definition) is 3. The van der Waals surface area contributed by atoms with Crippen LogP contribution in [0.2, 0.25) is 0 Å². The van der Waals surface area contributed by atoms with Gasteiger partial charge in [0.05, 0.1) is 0 Å². The minimum Gasteiger partial charge on any atom is -0.481 e. The summed E-state index contributed by atoms with van der Waals surface area (Å²) in [5.74, 6) is -0.874. The molecular weight excluding hydrogens is 256 g/mol. The molecule has 3 N–H and O–H groups in total. The number of carbonyl (C=O) groups excluding carboxylic acids is 1. The predicted octanol–water partition coefficient (Wildman–Crippen LogP) is 1.78. The van der Waals surface area contributed by atoms with Crippen LogP contribution in [0.25, 0.3) is 0 Å². The summed E-state index contributed by atoms with van der Waals surface area (Å²) in [6.45, 7) is 0.688. The average molecular weight is 276 g/mol. The summed E-state index contributed by atoms with van der Waals surface area (Å²) in [4.78, 5) is 22.5. The van der Waals surface area contributed by atoms with Crippen LogP contribution in [-0.4, -0.2) is 29.6 Å². The Morgan fingerprint density at radius 1 is 1.20 bits per heavy atom. The molecule has 1 aliphatic carbocycles. The van der Waals surface area contributed by atoms with Gasteiger partial charge >= 0.3 is 5.97 Å². The van der Waals surface area contributed by atoms with Gasteiger partial charge in [-0.25, -0.2) is 0 Å². The predicted molar refractivity (Wildman–Crippen MR) is 76.7 cm³/mol. The SMILES string of the molecule is O=C(O)CCc1ccccc1NC(=O)CCNC1CC1. The van der Waals surface area contributed by atoms with E-state index in [1.807, 2.05) is 24.3 Å². The summed E-state index contributed by atoms with van der Waals surface area (Å²) in [5.41, 5.74) is 1.57. The average Bonchev–Trinajstić information content (AvgIpc) is 3.22. The molecule has 5 heteroatoms. The van der Waals surface area contributed by atoms with E-state index in [0.717, 1.165) is 5.56 Å². The molecule has 1 amide bonds. The number of aliphatic carboxylic acids is 1. The second kappa shape index (κ2) is 7.05. The number of carboxylic acid groups (broad SMARTS) is 1. The third-order valence-electron chi connectivity index (χ3n) is 3.26. The highest BCUT2D eigenvalue weighted by atomic mass is 16.4. The van der Waals surface area contributed by atoms with Crippen molar-refractivity contribution in [3.63, 3.8) is 0 Å². The first kappa shape index (κ1) is 14.5. The van der Waals surface area contributed by atoms with Gasteiger partial charge in [0, 0.05) is 31.1 Å². The van der Waals surface area contributed by atoms with Crippen LogP contribution >= 0.6 is 0 Å². The molecule has 5 nitrogen and oxygen atoms in total. The summed E-state index contributed by atoms with van der Waals surface area (Å²) in [7, 11) is 0. The smallest absolute Gasteiger partial charge is 0.303 e. The zero-order valence-corrected chi connectivity index (χ0v) is 11.4. The van der Waals surface area contributed by atoms with Crippen molar-refractivity contribution in [3.8, 4) is 0 Å². The van der Waals surface area contributed by atoms with Crippen LogP contribution in [0.3, 0.4) is 0 Å². The zero-order chi connectivity index (χ0) is 14.4. The van der Waals surface area contributed by atoms with Gasteiger partial charge < -0.3 is 15.7 Å². The van der Waals surface area contributed by atoms with Gasteiger partial charge in [0.25, 0.3) is 0 Å². The van der Waals surface area contributed by atoms with E-state index >= 15 is 0 Å². The van der Waals surface area contributed by atoms with Gasteiger partial charge in [-0.2, -0.15) is 0 Å². The molecule has 0 saturated heterocycles. The Morgan fingerprint density at radius 2 is 1.95 bits per heavy atom. The summed E-state index contributed by atoms with van der Waals surface area (Å²) < 4.78 is 0. The minimum absolute atomic E-state index is 0.0408. The standard InChI is InChI=1S/C15H20N2O3/c18-14(9-10-16-12-6-7-12)17-13-4-2-1-3-11(13)5-8-15(19)20/h1-4,12,16H,5-10H2,(H,17,18)(H,19,20). The largest absolute Gasteiger partial charge is 0.481 e. The summed E-state index contributed by atoms with van der Waals surface area (Å²) in [6.07, 6.45) is 3.34. The Kier molecular flexibility index (Phi) is 5.12. The number of amides is 1. The molecule has 0 bridgehead atoms. The maximum Gasteiger partial charge on any atom is 0.303 e. The minimum atomic E-state index is -0.834. The number of aryl methyl sites for hydroxylation is 1. The van der Waals surface area contributed by atoms with Crippen molar-refractivity contribution in [1.29, 1.82) is 0 Å². The number of carbonyl (C=O) groups is 2. The number of para-hydroxylation sites is 1. The van der Waals surface area contributed by atoms with Crippen LogP contribution in [0.1, 0.15) is 31.2 Å². The van der Waals surface area contributed by atoms with Gasteiger partial charge in [-0.3, -0.25) is 9.59 Å². The van der Waals surface area contributed by atoms with Gasteiger partial charge in [-0.15, -0.1) is 0 Å². The van der Waals surface area contributed by atoms with E-state index in [9.17, 15) is 9.59 Å². The molecule has 20 heavy (non-hydrogen) atoms. The molecule has 0 heterocycles. The van der Waals surface area contributed by atoms with E-state index in [1.165, 1.54) is 12.8 Å². The second-order valence-corrected chi connectivity index (χ2v) is 5.08. The number of hydrogen-bond acceptors (Lipinski definition) is 3. The van der Waals surface area contributed by atoms with Crippen LogP contribution in [0.15, 0.2) is 24.3 Å². The highest BCUT2D eigenvalue weighted by molar-refractivity contribution is 5.91. The molecule has 0 spiro atoms. The lowest BCUT2D eigenvalue weighted by Gasteiger charge is -2.10. The number of benzene rings is 1. The molecule has 1 saturated carbocycles. The van der Waals surface area contributed by atoms with Crippen LogP contribution in [0.4, 0.5) is 5.69 Å². The van der Waals surface area contributed by atoms with Crippen molar-refractivity contribution in [1.82, 2.24) is 5.32 Å². The Labute approximate surface area is 118 Å². The van der Waals surface area contributed by atoms with Crippen LogP contribution in [0, 0.1) is 0 Å². The Hall–Kier alpha value is -1.88. The number of nitrogens with one attached hydrogen (secondary N) is 2. The Morgan fingerprint density at radius 3 is 2.65 bits per heavy atom. The van der Waals surface area contributed by atoms with Crippen molar-refractivity contribution < 1.29 is 14.7 Å². The number of rotatable bonds is 8. The molecule has 0 aromatic heterocycles. The molecule has 0 unspecified atom stereocenters. The molecule has 108 valence electrons. The van der Waals surface area contributed by atoms with Gasteiger partial charge in [-0.05, 0) is 30.9 Å². The maximum absolute atomic E-state index is 11.8. The Bertz CT molecular complexity index is 484. The van der Waals surface area contributed by atoms with E-state index in [0.29, 0.717) is 31.1 Å². The first-order valence-corrected chi connectivity index (χ1v) is 6.98. The van der Waals surface area contributed by atoms with E-state index < -0.39 is 5.97 Å². The molecule has 0 radical (unpaired) electrons. The molecular formula is C15H20N2O3. The molecule has 1 aromatic carbocycles. The molecule has 1 fully saturated rings. The topological polar surface area (TPSA) is 78.4 Å². The van der Waals surface area contributed by atoms with Gasteiger partial charge in [0.15, 0.2) is 0 Å². The fourth-order valence-corrected chi connectivity index (χ4v) is 1.99. The molecule has 0 atom stereocenters. The summed E-state index contributed by atoms with van der Waals surface area (Å²) in [6, 6.07) is 7.94. The summed E-state index contributed by atoms with van der Waals surface area (Å²) >= 11 is 0. The van der Waals surface area contributed by atoms with E-state index in [-0.39, 0.29) is 12.3 Å². The van der Waals surface area contributed by atoms with Gasteiger partial charge in [0.1, 0.15) is 0 Å². The monoisotopic (exact) mass is 276 g/mol. The van der Waals surface area contributed by atoms with E-state index in [1.54, 1.807) is 0 Å². The third kappa shape index (κ3) is 5.01. The fraction of sp³-hybridized carbons (Fsp3) is 0.467. The highest BCUT2D eigenvalue weighted by Gasteiger charge is 2.20. The normalized spacial score (nSPS) is 14.0. The fourth-order valence-electron chi connectivity index (χ4n) is 1.99. The van der Waals surface area contributed by atoms with Crippen molar-refractivity contribution in [2.45, 2.75) is 38.1 Å². The molecule has 1 aliphatic rings. The zero-order valence-electron chi connectivity index (χ0n) is 11.4. The van der Waals surface area contributed by atoms with Gasteiger partial charge in [-0.1, -0.05) is 18.2 Å². The molecule has 0 aliphatic heterocycles. The summed E-state index contributed by atoms with van der Waals surface area (Å²) in [5, 5.41) is 14.9. The van der Waals surface area contributed by atoms with E-state index in [2.05, 4.69) is 10.6 Å². The van der Waals surface area contributed by atoms with Crippen molar-refractivity contribution in [2.24, 2.45) is 0 Å². The Balaban J connectivity index is 1.83. The number of anilines is 1. The third-order valence-corrected chi connectivity index (χ3v) is 3.26. The highest BCUT2D eigenvalue weighted by Crippen LogP contribution is 2.19. The molecule has 2 rings (SSSR count). The van der Waals surface area contributed by atoms with Crippen molar-refractivity contribution in [3.05, 3.63) is 29.8 Å². The van der Waals surface area contributed by atoms with E-state index in [4.69, 9.17) is 5.11 Å². The second-order valence-electron chi connectivity index (χ2n) is 5.08. The van der Waals surface area contributed by atoms with Crippen molar-refractivity contribution in [2.75, 3.05) is 11.9 Å².